The van der Waals surface area contributed by atoms with Gasteiger partial charge < -0.3 is 10.0 Å². The van der Waals surface area contributed by atoms with E-state index >= 15 is 0 Å². The number of nitrogens with zero attached hydrogens (tertiary/aromatic N) is 1. The third-order valence-electron chi connectivity index (χ3n) is 5.06. The monoisotopic (exact) mass is 273 g/mol. The highest BCUT2D eigenvalue weighted by molar-refractivity contribution is 6.59. The number of hydrogen-bond acceptors (Lipinski definition) is 3. The fourth-order valence-electron chi connectivity index (χ4n) is 4.07. The van der Waals surface area contributed by atoms with Crippen molar-refractivity contribution >= 4 is 12.6 Å². The maximum absolute atomic E-state index is 9.50. The highest BCUT2D eigenvalue weighted by Gasteiger charge is 2.33. The first-order valence-electron chi connectivity index (χ1n) is 7.93. The number of piperidine rings is 1. The molecular formula is C16H24BNO2. The van der Waals surface area contributed by atoms with Gasteiger partial charge in [-0.3, -0.25) is 4.90 Å². The molecule has 108 valence electrons. The van der Waals surface area contributed by atoms with Crippen molar-refractivity contribution in [3.05, 3.63) is 29.8 Å². The van der Waals surface area contributed by atoms with E-state index in [1.54, 1.807) is 0 Å². The largest absolute Gasteiger partial charge is 0.488 e. The quantitative estimate of drug-likeness (QED) is 0.821. The molecule has 2 fully saturated rings. The van der Waals surface area contributed by atoms with Crippen LogP contribution in [0.4, 0.5) is 0 Å². The summed E-state index contributed by atoms with van der Waals surface area (Å²) in [6.07, 6.45) is 8.10. The molecule has 1 aliphatic heterocycles. The minimum Gasteiger partial charge on any atom is -0.423 e. The third kappa shape index (κ3) is 2.92. The minimum atomic E-state index is -1.36. The highest BCUT2D eigenvalue weighted by Crippen LogP contribution is 2.35. The molecule has 0 radical (unpaired) electrons. The Bertz CT molecular complexity index is 450. The lowest BCUT2D eigenvalue weighted by atomic mass is 9.75. The second-order valence-corrected chi connectivity index (χ2v) is 6.30. The Balaban J connectivity index is 1.76. The van der Waals surface area contributed by atoms with E-state index in [1.807, 2.05) is 24.3 Å². The van der Waals surface area contributed by atoms with Crippen molar-refractivity contribution in [3.63, 3.8) is 0 Å². The standard InChI is InChI=1S/C16H24BNO2/c19-17(20)15-9-3-1-7-14(15)12-18-11-5-8-13-6-2-4-10-16(13)18/h1,3,7,9,13,16,19-20H,2,4-6,8,10-12H2. The lowest BCUT2D eigenvalue weighted by Crippen LogP contribution is -2.47. The lowest BCUT2D eigenvalue weighted by Gasteiger charge is -2.44. The highest BCUT2D eigenvalue weighted by atomic mass is 16.4. The van der Waals surface area contributed by atoms with Crippen molar-refractivity contribution in [2.75, 3.05) is 6.54 Å². The summed E-state index contributed by atoms with van der Waals surface area (Å²) in [6.45, 7) is 2.01. The molecule has 2 atom stereocenters. The van der Waals surface area contributed by atoms with Crippen molar-refractivity contribution in [1.82, 2.24) is 4.90 Å². The molecule has 2 N–H and O–H groups in total. The molecule has 0 bridgehead atoms. The van der Waals surface area contributed by atoms with E-state index in [0.29, 0.717) is 11.5 Å². The molecule has 2 aliphatic rings. The van der Waals surface area contributed by atoms with Crippen LogP contribution >= 0.6 is 0 Å². The van der Waals surface area contributed by atoms with Crippen molar-refractivity contribution in [3.8, 4) is 0 Å². The van der Waals surface area contributed by atoms with Crippen LogP contribution in [-0.4, -0.2) is 34.7 Å². The summed E-state index contributed by atoms with van der Waals surface area (Å²) in [6, 6.07) is 8.42. The molecule has 0 aromatic heterocycles. The predicted molar refractivity (Wildman–Crippen MR) is 81.7 cm³/mol. The van der Waals surface area contributed by atoms with Crippen LogP contribution in [0.2, 0.25) is 0 Å². The summed E-state index contributed by atoms with van der Waals surface area (Å²) in [5, 5.41) is 19.0. The maximum Gasteiger partial charge on any atom is 0.488 e. The maximum atomic E-state index is 9.50. The van der Waals surface area contributed by atoms with Crippen molar-refractivity contribution in [1.29, 1.82) is 0 Å². The van der Waals surface area contributed by atoms with Crippen molar-refractivity contribution < 1.29 is 10.0 Å². The van der Waals surface area contributed by atoms with E-state index in [4.69, 9.17) is 0 Å². The lowest BCUT2D eigenvalue weighted by molar-refractivity contribution is 0.0549. The fraction of sp³-hybridized carbons (Fsp3) is 0.625. The van der Waals surface area contributed by atoms with Gasteiger partial charge in [0.15, 0.2) is 0 Å². The van der Waals surface area contributed by atoms with Gasteiger partial charge in [0.2, 0.25) is 0 Å². The molecular weight excluding hydrogens is 249 g/mol. The molecule has 20 heavy (non-hydrogen) atoms. The average Bonchev–Trinajstić information content (AvgIpc) is 2.48. The fourth-order valence-corrected chi connectivity index (χ4v) is 4.07. The first-order chi connectivity index (χ1) is 9.75. The van der Waals surface area contributed by atoms with E-state index in [0.717, 1.165) is 24.6 Å². The first-order valence-corrected chi connectivity index (χ1v) is 7.93. The van der Waals surface area contributed by atoms with Gasteiger partial charge in [-0.15, -0.1) is 0 Å². The molecule has 3 nitrogen and oxygen atoms in total. The zero-order valence-electron chi connectivity index (χ0n) is 12.0. The molecule has 2 unspecified atom stereocenters. The number of benzene rings is 1. The third-order valence-corrected chi connectivity index (χ3v) is 5.06. The summed E-state index contributed by atoms with van der Waals surface area (Å²) in [5.41, 5.74) is 1.72. The van der Waals surface area contributed by atoms with E-state index in [2.05, 4.69) is 4.90 Å². The van der Waals surface area contributed by atoms with Gasteiger partial charge in [-0.1, -0.05) is 37.1 Å². The van der Waals surface area contributed by atoms with Gasteiger partial charge in [-0.25, -0.2) is 0 Å². The van der Waals surface area contributed by atoms with Gasteiger partial charge in [0.05, 0.1) is 0 Å². The molecule has 1 aliphatic carbocycles. The van der Waals surface area contributed by atoms with Gasteiger partial charge in [-0.2, -0.15) is 0 Å². The predicted octanol–water partition coefficient (Wildman–Crippen LogP) is 1.52. The molecule has 0 spiro atoms. The van der Waals surface area contributed by atoms with Gasteiger partial charge in [0, 0.05) is 12.6 Å². The molecule has 1 saturated heterocycles. The van der Waals surface area contributed by atoms with Crippen LogP contribution in [0.25, 0.3) is 0 Å². The van der Waals surface area contributed by atoms with Crippen LogP contribution in [-0.2, 0) is 6.54 Å². The summed E-state index contributed by atoms with van der Waals surface area (Å²) < 4.78 is 0. The Labute approximate surface area is 121 Å². The van der Waals surface area contributed by atoms with Crippen LogP contribution in [0.15, 0.2) is 24.3 Å². The molecule has 1 saturated carbocycles. The van der Waals surface area contributed by atoms with E-state index in [9.17, 15) is 10.0 Å². The SMILES string of the molecule is OB(O)c1ccccc1CN1CCCC2CCCCC21. The summed E-state index contributed by atoms with van der Waals surface area (Å²) in [4.78, 5) is 2.58. The number of likely N-dealkylation sites (tertiary alicyclic amines) is 1. The Morgan fingerprint density at radius 1 is 1.05 bits per heavy atom. The Hall–Kier alpha value is -0.835. The van der Waals surface area contributed by atoms with Crippen LogP contribution in [0.1, 0.15) is 44.1 Å². The normalized spacial score (nSPS) is 27.1. The van der Waals surface area contributed by atoms with E-state index in [1.165, 1.54) is 38.5 Å². The number of fused-ring (bicyclic) bond motifs is 1. The first kappa shape index (κ1) is 14.1. The molecule has 4 heteroatoms. The number of rotatable bonds is 3. The zero-order chi connectivity index (χ0) is 13.9. The molecule has 0 amide bonds. The van der Waals surface area contributed by atoms with Gasteiger partial charge in [0.1, 0.15) is 0 Å². The van der Waals surface area contributed by atoms with Crippen LogP contribution in [0.5, 0.6) is 0 Å². The van der Waals surface area contributed by atoms with Crippen molar-refractivity contribution in [2.45, 2.75) is 51.1 Å². The Morgan fingerprint density at radius 3 is 2.65 bits per heavy atom. The van der Waals surface area contributed by atoms with Gasteiger partial charge in [0.25, 0.3) is 0 Å². The Kier molecular flexibility index (Phi) is 4.44. The smallest absolute Gasteiger partial charge is 0.423 e. The number of hydrogen-bond donors (Lipinski definition) is 2. The second kappa shape index (κ2) is 6.29. The molecule has 3 rings (SSSR count). The summed E-state index contributed by atoms with van der Waals surface area (Å²) in [7, 11) is -1.36. The summed E-state index contributed by atoms with van der Waals surface area (Å²) >= 11 is 0. The van der Waals surface area contributed by atoms with Gasteiger partial charge >= 0.3 is 7.12 Å². The molecule has 1 heterocycles. The average molecular weight is 273 g/mol. The van der Waals surface area contributed by atoms with Crippen LogP contribution in [0.3, 0.4) is 0 Å². The minimum absolute atomic E-state index is 0.658. The van der Waals surface area contributed by atoms with Crippen molar-refractivity contribution in [2.24, 2.45) is 5.92 Å². The second-order valence-electron chi connectivity index (χ2n) is 6.30. The summed E-state index contributed by atoms with van der Waals surface area (Å²) in [5.74, 6) is 0.865. The zero-order valence-corrected chi connectivity index (χ0v) is 12.0. The van der Waals surface area contributed by atoms with E-state index < -0.39 is 7.12 Å². The van der Waals surface area contributed by atoms with Crippen LogP contribution in [0, 0.1) is 5.92 Å². The van der Waals surface area contributed by atoms with Gasteiger partial charge in [-0.05, 0) is 49.2 Å². The van der Waals surface area contributed by atoms with Crippen LogP contribution < -0.4 is 5.46 Å². The molecule has 1 aromatic rings. The van der Waals surface area contributed by atoms with E-state index in [-0.39, 0.29) is 0 Å². The molecule has 1 aromatic carbocycles. The topological polar surface area (TPSA) is 43.7 Å². The Morgan fingerprint density at radius 2 is 1.80 bits per heavy atom.